The van der Waals surface area contributed by atoms with Crippen LogP contribution in [0, 0.1) is 11.8 Å². The molecule has 5 N–H and O–H groups in total. The Bertz CT molecular complexity index is 980. The van der Waals surface area contributed by atoms with Gasteiger partial charge in [-0.1, -0.05) is 26.0 Å². The van der Waals surface area contributed by atoms with Gasteiger partial charge >= 0.3 is 0 Å². The molecular weight excluding hydrogens is 412 g/mol. The SMILES string of the molecule is CC(C)CC1CCC(N=C/C(=C\N)Nc2ncc3cccc(OC4CCC(N)C4)c3n2)CC1. The molecule has 7 heteroatoms. The molecule has 0 spiro atoms. The Labute approximate surface area is 197 Å². The van der Waals surface area contributed by atoms with Crippen LogP contribution in [-0.2, 0) is 0 Å². The summed E-state index contributed by atoms with van der Waals surface area (Å²) in [5, 5.41) is 4.15. The summed E-state index contributed by atoms with van der Waals surface area (Å²) in [6.45, 7) is 4.62. The van der Waals surface area contributed by atoms with Crippen LogP contribution in [0.5, 0.6) is 5.75 Å². The summed E-state index contributed by atoms with van der Waals surface area (Å²) in [7, 11) is 0. The Kier molecular flexibility index (Phi) is 7.81. The number of rotatable bonds is 8. The van der Waals surface area contributed by atoms with Gasteiger partial charge in [-0.2, -0.15) is 0 Å². The normalized spacial score (nSPS) is 26.4. The van der Waals surface area contributed by atoms with Crippen molar-refractivity contribution in [2.45, 2.75) is 83.4 Å². The van der Waals surface area contributed by atoms with E-state index in [1.807, 2.05) is 24.4 Å². The molecule has 1 heterocycles. The van der Waals surface area contributed by atoms with Crippen LogP contribution in [-0.4, -0.2) is 34.4 Å². The zero-order valence-corrected chi connectivity index (χ0v) is 19.9. The predicted octanol–water partition coefficient (Wildman–Crippen LogP) is 4.78. The Morgan fingerprint density at radius 3 is 2.73 bits per heavy atom. The summed E-state index contributed by atoms with van der Waals surface area (Å²) in [4.78, 5) is 14.0. The number of anilines is 1. The van der Waals surface area contributed by atoms with E-state index < -0.39 is 0 Å². The summed E-state index contributed by atoms with van der Waals surface area (Å²) in [6, 6.07) is 6.50. The number of para-hydroxylation sites is 1. The first-order valence-electron chi connectivity index (χ1n) is 12.4. The number of nitrogens with one attached hydrogen (secondary N) is 1. The topological polar surface area (TPSA) is 111 Å². The fraction of sp³-hybridized carbons (Fsp3) is 0.577. The van der Waals surface area contributed by atoms with E-state index in [2.05, 4.69) is 24.1 Å². The number of ether oxygens (including phenoxy) is 1. The van der Waals surface area contributed by atoms with Crippen molar-refractivity contribution >= 4 is 23.1 Å². The van der Waals surface area contributed by atoms with Crippen LogP contribution in [0.4, 0.5) is 5.95 Å². The van der Waals surface area contributed by atoms with Gasteiger partial charge in [-0.05, 0) is 69.3 Å². The molecule has 2 aliphatic carbocycles. The second kappa shape index (κ2) is 11.0. The lowest BCUT2D eigenvalue weighted by molar-refractivity contribution is 0.210. The van der Waals surface area contributed by atoms with Crippen molar-refractivity contribution in [1.82, 2.24) is 9.97 Å². The smallest absolute Gasteiger partial charge is 0.227 e. The van der Waals surface area contributed by atoms with Crippen LogP contribution < -0.4 is 21.5 Å². The standard InChI is InChI=1S/C26H38N6O/c1-17(2)12-18-6-9-21(10-7-18)29-16-22(14-27)31-26-30-15-19-4-3-5-24(25(19)32-26)33-23-11-8-20(28)13-23/h3-5,14-18,20-21,23H,6-13,27-28H2,1-2H3,(H,30,31,32)/b22-14+,29-16?. The van der Waals surface area contributed by atoms with Gasteiger partial charge in [0, 0.05) is 30.0 Å². The van der Waals surface area contributed by atoms with Gasteiger partial charge in [0.25, 0.3) is 0 Å². The Morgan fingerprint density at radius 2 is 2.03 bits per heavy atom. The molecule has 0 amide bonds. The van der Waals surface area contributed by atoms with Crippen molar-refractivity contribution in [2.75, 3.05) is 5.32 Å². The van der Waals surface area contributed by atoms with Gasteiger partial charge in [0.1, 0.15) is 17.4 Å². The van der Waals surface area contributed by atoms with Crippen molar-refractivity contribution in [1.29, 1.82) is 0 Å². The third-order valence-electron chi connectivity index (χ3n) is 6.77. The first-order valence-corrected chi connectivity index (χ1v) is 12.4. The first kappa shape index (κ1) is 23.5. The molecule has 1 aromatic heterocycles. The molecule has 0 radical (unpaired) electrons. The maximum absolute atomic E-state index is 6.24. The predicted molar refractivity (Wildman–Crippen MR) is 135 cm³/mol. The Balaban J connectivity index is 1.40. The molecule has 2 saturated carbocycles. The molecule has 2 atom stereocenters. The van der Waals surface area contributed by atoms with Gasteiger partial charge in [-0.15, -0.1) is 0 Å². The molecule has 178 valence electrons. The lowest BCUT2D eigenvalue weighted by atomic mass is 9.82. The highest BCUT2D eigenvalue weighted by Crippen LogP contribution is 2.31. The van der Waals surface area contributed by atoms with Crippen LogP contribution in [0.15, 0.2) is 41.3 Å². The highest BCUT2D eigenvalue weighted by Gasteiger charge is 2.24. The number of nitrogens with two attached hydrogens (primary N) is 2. The average Bonchev–Trinajstić information content (AvgIpc) is 3.22. The third-order valence-corrected chi connectivity index (χ3v) is 6.77. The number of fused-ring (bicyclic) bond motifs is 1. The monoisotopic (exact) mass is 450 g/mol. The van der Waals surface area contributed by atoms with E-state index in [4.69, 9.17) is 26.2 Å². The molecule has 33 heavy (non-hydrogen) atoms. The lowest BCUT2D eigenvalue weighted by Crippen LogP contribution is -2.19. The van der Waals surface area contributed by atoms with E-state index in [9.17, 15) is 0 Å². The van der Waals surface area contributed by atoms with Gasteiger partial charge in [0.15, 0.2) is 0 Å². The van der Waals surface area contributed by atoms with Crippen LogP contribution in [0.1, 0.15) is 65.2 Å². The molecule has 0 aliphatic heterocycles. The zero-order valence-electron chi connectivity index (χ0n) is 19.9. The molecular formula is C26H38N6O. The minimum atomic E-state index is 0.138. The van der Waals surface area contributed by atoms with Gasteiger partial charge in [-0.25, -0.2) is 9.97 Å². The molecule has 0 bridgehead atoms. The maximum Gasteiger partial charge on any atom is 0.227 e. The molecule has 0 saturated heterocycles. The molecule has 4 rings (SSSR count). The summed E-state index contributed by atoms with van der Waals surface area (Å²) in [5.41, 5.74) is 13.4. The van der Waals surface area contributed by atoms with Crippen LogP contribution in [0.25, 0.3) is 10.9 Å². The lowest BCUT2D eigenvalue weighted by Gasteiger charge is -2.27. The maximum atomic E-state index is 6.24. The first-order chi connectivity index (χ1) is 16.0. The fourth-order valence-electron chi connectivity index (χ4n) is 5.07. The van der Waals surface area contributed by atoms with E-state index in [1.165, 1.54) is 25.5 Å². The second-order valence-corrected chi connectivity index (χ2v) is 10.0. The number of aliphatic imine (C=N–C) groups is 1. The molecule has 2 unspecified atom stereocenters. The number of nitrogens with zero attached hydrogens (tertiary/aromatic N) is 3. The van der Waals surface area contributed by atoms with Crippen molar-refractivity contribution in [3.05, 3.63) is 36.3 Å². The molecule has 1 aromatic carbocycles. The van der Waals surface area contributed by atoms with Crippen LogP contribution in [0.2, 0.25) is 0 Å². The van der Waals surface area contributed by atoms with E-state index in [0.29, 0.717) is 17.7 Å². The van der Waals surface area contributed by atoms with Crippen molar-refractivity contribution in [3.63, 3.8) is 0 Å². The fourth-order valence-corrected chi connectivity index (χ4v) is 5.07. The Hall–Kier alpha value is -2.67. The number of aromatic nitrogens is 2. The minimum absolute atomic E-state index is 0.138. The quantitative estimate of drug-likeness (QED) is 0.499. The molecule has 7 nitrogen and oxygen atoms in total. The molecule has 2 fully saturated rings. The third kappa shape index (κ3) is 6.44. The number of hydrogen-bond donors (Lipinski definition) is 3. The summed E-state index contributed by atoms with van der Waals surface area (Å²) in [6.07, 6.45) is 14.3. The highest BCUT2D eigenvalue weighted by molar-refractivity contribution is 5.86. The van der Waals surface area contributed by atoms with Gasteiger partial charge < -0.3 is 21.5 Å². The summed E-state index contributed by atoms with van der Waals surface area (Å²) in [5.74, 6) is 2.86. The summed E-state index contributed by atoms with van der Waals surface area (Å²) < 4.78 is 6.24. The average molecular weight is 451 g/mol. The highest BCUT2D eigenvalue weighted by atomic mass is 16.5. The van der Waals surface area contributed by atoms with Gasteiger partial charge in [0.05, 0.1) is 11.7 Å². The van der Waals surface area contributed by atoms with Gasteiger partial charge in [0.2, 0.25) is 5.95 Å². The van der Waals surface area contributed by atoms with Crippen LogP contribution in [0.3, 0.4) is 0 Å². The zero-order chi connectivity index (χ0) is 23.2. The largest absolute Gasteiger partial charge is 0.488 e. The minimum Gasteiger partial charge on any atom is -0.488 e. The van der Waals surface area contributed by atoms with Crippen LogP contribution >= 0.6 is 0 Å². The molecule has 2 aliphatic rings. The number of benzene rings is 1. The Morgan fingerprint density at radius 1 is 1.21 bits per heavy atom. The second-order valence-electron chi connectivity index (χ2n) is 10.0. The van der Waals surface area contributed by atoms with E-state index in [0.717, 1.165) is 60.6 Å². The van der Waals surface area contributed by atoms with E-state index >= 15 is 0 Å². The van der Waals surface area contributed by atoms with Crippen molar-refractivity contribution < 1.29 is 4.74 Å². The van der Waals surface area contributed by atoms with Crippen molar-refractivity contribution in [2.24, 2.45) is 28.3 Å². The van der Waals surface area contributed by atoms with Gasteiger partial charge in [-0.3, -0.25) is 4.99 Å². The van der Waals surface area contributed by atoms with Crippen molar-refractivity contribution in [3.8, 4) is 5.75 Å². The number of hydrogen-bond acceptors (Lipinski definition) is 7. The van der Waals surface area contributed by atoms with E-state index in [1.54, 1.807) is 6.20 Å². The molecule has 2 aromatic rings. The number of allylic oxidation sites excluding steroid dienone is 1. The van der Waals surface area contributed by atoms with E-state index in [-0.39, 0.29) is 12.1 Å². The summed E-state index contributed by atoms with van der Waals surface area (Å²) >= 11 is 0.